The molecule has 8 heteroatoms. The van der Waals surface area contributed by atoms with E-state index in [2.05, 4.69) is 10.0 Å². The SMILES string of the molecule is CNC(=O)c1cc(S(=O)(=O)NC(C)C(C)CO)cn1C. The molecule has 3 N–H and O–H groups in total. The Labute approximate surface area is 119 Å². The number of carbonyl (C=O) groups excluding carboxylic acids is 1. The molecular formula is C12H21N3O4S. The van der Waals surface area contributed by atoms with Gasteiger partial charge >= 0.3 is 0 Å². The van der Waals surface area contributed by atoms with Crippen molar-refractivity contribution in [2.75, 3.05) is 13.7 Å². The van der Waals surface area contributed by atoms with Gasteiger partial charge < -0.3 is 15.0 Å². The third kappa shape index (κ3) is 3.59. The fourth-order valence-electron chi connectivity index (χ4n) is 1.62. The molecule has 1 rings (SSSR count). The van der Waals surface area contributed by atoms with Gasteiger partial charge in [-0.3, -0.25) is 4.79 Å². The second kappa shape index (κ2) is 6.38. The first-order valence-corrected chi connectivity index (χ1v) is 7.73. The second-order valence-electron chi connectivity index (χ2n) is 4.82. The predicted octanol–water partition coefficient (Wildman–Crippen LogP) is -0.320. The summed E-state index contributed by atoms with van der Waals surface area (Å²) in [6.07, 6.45) is 1.38. The number of aliphatic hydroxyl groups is 1. The highest BCUT2D eigenvalue weighted by atomic mass is 32.2. The van der Waals surface area contributed by atoms with Gasteiger partial charge in [-0.15, -0.1) is 0 Å². The number of aryl methyl sites for hydroxylation is 1. The molecule has 20 heavy (non-hydrogen) atoms. The number of nitrogens with one attached hydrogen (secondary N) is 2. The zero-order valence-electron chi connectivity index (χ0n) is 12.0. The number of nitrogens with zero attached hydrogens (tertiary/aromatic N) is 1. The van der Waals surface area contributed by atoms with E-state index in [-0.39, 0.29) is 29.0 Å². The highest BCUT2D eigenvalue weighted by Gasteiger charge is 2.23. The number of aromatic nitrogens is 1. The number of amides is 1. The Kier molecular flexibility index (Phi) is 5.32. The molecule has 0 saturated carbocycles. The summed E-state index contributed by atoms with van der Waals surface area (Å²) in [6.45, 7) is 3.32. The lowest BCUT2D eigenvalue weighted by Crippen LogP contribution is -2.38. The smallest absolute Gasteiger partial charge is 0.267 e. The van der Waals surface area contributed by atoms with Gasteiger partial charge in [0, 0.05) is 32.9 Å². The summed E-state index contributed by atoms with van der Waals surface area (Å²) in [7, 11) is -0.640. The van der Waals surface area contributed by atoms with E-state index < -0.39 is 16.1 Å². The minimum Gasteiger partial charge on any atom is -0.396 e. The Morgan fingerprint density at radius 3 is 2.55 bits per heavy atom. The van der Waals surface area contributed by atoms with Crippen molar-refractivity contribution < 1.29 is 18.3 Å². The molecule has 0 bridgehead atoms. The van der Waals surface area contributed by atoms with E-state index in [0.717, 1.165) is 0 Å². The van der Waals surface area contributed by atoms with Gasteiger partial charge in [0.2, 0.25) is 10.0 Å². The fourth-order valence-corrected chi connectivity index (χ4v) is 3.04. The van der Waals surface area contributed by atoms with Gasteiger partial charge in [0.15, 0.2) is 0 Å². The van der Waals surface area contributed by atoms with Gasteiger partial charge in [-0.2, -0.15) is 0 Å². The van der Waals surface area contributed by atoms with Gasteiger partial charge in [-0.05, 0) is 18.9 Å². The van der Waals surface area contributed by atoms with Gasteiger partial charge in [0.1, 0.15) is 10.6 Å². The molecule has 2 atom stereocenters. The zero-order chi connectivity index (χ0) is 15.5. The summed E-state index contributed by atoms with van der Waals surface area (Å²) in [5.74, 6) is -0.558. The number of sulfonamides is 1. The van der Waals surface area contributed by atoms with Crippen LogP contribution in [0.25, 0.3) is 0 Å². The summed E-state index contributed by atoms with van der Waals surface area (Å²) in [5.41, 5.74) is 0.260. The maximum Gasteiger partial charge on any atom is 0.267 e. The average molecular weight is 303 g/mol. The third-order valence-corrected chi connectivity index (χ3v) is 4.76. The molecule has 1 aromatic heterocycles. The summed E-state index contributed by atoms with van der Waals surface area (Å²) >= 11 is 0. The molecule has 114 valence electrons. The Morgan fingerprint density at radius 1 is 1.45 bits per heavy atom. The van der Waals surface area contributed by atoms with E-state index in [0.29, 0.717) is 0 Å². The van der Waals surface area contributed by atoms with E-state index in [1.807, 2.05) is 0 Å². The standard InChI is InChI=1S/C12H21N3O4S/c1-8(7-16)9(2)14-20(18,19)10-5-11(12(17)13-3)15(4)6-10/h5-6,8-9,14,16H,7H2,1-4H3,(H,13,17). The molecular weight excluding hydrogens is 282 g/mol. The van der Waals surface area contributed by atoms with Crippen LogP contribution in [0.1, 0.15) is 24.3 Å². The van der Waals surface area contributed by atoms with Crippen molar-refractivity contribution in [3.8, 4) is 0 Å². The molecule has 0 radical (unpaired) electrons. The normalized spacial score (nSPS) is 14.8. The molecule has 2 unspecified atom stereocenters. The number of hydrogen-bond donors (Lipinski definition) is 3. The maximum atomic E-state index is 12.2. The van der Waals surface area contributed by atoms with Gasteiger partial charge in [0.25, 0.3) is 5.91 Å². The zero-order valence-corrected chi connectivity index (χ0v) is 12.9. The van der Waals surface area contributed by atoms with Crippen molar-refractivity contribution in [3.05, 3.63) is 18.0 Å². The van der Waals surface area contributed by atoms with Crippen LogP contribution in [0, 0.1) is 5.92 Å². The van der Waals surface area contributed by atoms with E-state index in [1.54, 1.807) is 20.9 Å². The molecule has 0 aliphatic rings. The minimum atomic E-state index is -3.72. The minimum absolute atomic E-state index is 0.0237. The Morgan fingerprint density at radius 2 is 2.05 bits per heavy atom. The average Bonchev–Trinajstić information content (AvgIpc) is 2.79. The summed E-state index contributed by atoms with van der Waals surface area (Å²) < 4.78 is 28.3. The molecule has 0 saturated heterocycles. The van der Waals surface area contributed by atoms with Crippen molar-refractivity contribution in [2.24, 2.45) is 13.0 Å². The summed E-state index contributed by atoms with van der Waals surface area (Å²) in [5, 5.41) is 11.5. The van der Waals surface area contributed by atoms with Crippen LogP contribution < -0.4 is 10.0 Å². The number of rotatable bonds is 6. The highest BCUT2D eigenvalue weighted by molar-refractivity contribution is 7.89. The highest BCUT2D eigenvalue weighted by Crippen LogP contribution is 2.15. The van der Waals surface area contributed by atoms with E-state index in [4.69, 9.17) is 5.11 Å². The summed E-state index contributed by atoms with van der Waals surface area (Å²) in [6, 6.07) is 0.908. The predicted molar refractivity (Wildman–Crippen MR) is 74.8 cm³/mol. The van der Waals surface area contributed by atoms with Gasteiger partial charge in [0.05, 0.1) is 0 Å². The molecule has 0 aromatic carbocycles. The third-order valence-electron chi connectivity index (χ3n) is 3.23. The van der Waals surface area contributed by atoms with Crippen LogP contribution in [0.2, 0.25) is 0 Å². The Balaban J connectivity index is 3.02. The van der Waals surface area contributed by atoms with Crippen molar-refractivity contribution >= 4 is 15.9 Å². The largest absolute Gasteiger partial charge is 0.396 e. The lowest BCUT2D eigenvalue weighted by molar-refractivity contribution is 0.0955. The number of carbonyl (C=O) groups is 1. The maximum absolute atomic E-state index is 12.2. The lowest BCUT2D eigenvalue weighted by atomic mass is 10.1. The molecule has 1 amide bonds. The van der Waals surface area contributed by atoms with E-state index in [1.165, 1.54) is 23.9 Å². The van der Waals surface area contributed by atoms with Crippen molar-refractivity contribution in [1.29, 1.82) is 0 Å². The molecule has 0 spiro atoms. The second-order valence-corrected chi connectivity index (χ2v) is 6.53. The molecule has 0 fully saturated rings. The van der Waals surface area contributed by atoms with Crippen LogP contribution in [0.5, 0.6) is 0 Å². The fraction of sp³-hybridized carbons (Fsp3) is 0.583. The van der Waals surface area contributed by atoms with Gasteiger partial charge in [-0.25, -0.2) is 13.1 Å². The first kappa shape index (κ1) is 16.7. The number of aliphatic hydroxyl groups excluding tert-OH is 1. The molecule has 1 heterocycles. The van der Waals surface area contributed by atoms with Crippen LogP contribution in [0.15, 0.2) is 17.2 Å². The Bertz CT molecular complexity index is 580. The monoisotopic (exact) mass is 303 g/mol. The molecule has 0 aliphatic heterocycles. The summed E-state index contributed by atoms with van der Waals surface area (Å²) in [4.78, 5) is 11.6. The molecule has 7 nitrogen and oxygen atoms in total. The first-order valence-electron chi connectivity index (χ1n) is 6.24. The quantitative estimate of drug-likeness (QED) is 0.670. The topological polar surface area (TPSA) is 100 Å². The van der Waals surface area contributed by atoms with Crippen LogP contribution in [-0.2, 0) is 17.1 Å². The van der Waals surface area contributed by atoms with Crippen molar-refractivity contribution in [3.63, 3.8) is 0 Å². The molecule has 1 aromatic rings. The lowest BCUT2D eigenvalue weighted by Gasteiger charge is -2.18. The van der Waals surface area contributed by atoms with Gasteiger partial charge in [-0.1, -0.05) is 6.92 Å². The van der Waals surface area contributed by atoms with E-state index >= 15 is 0 Å². The van der Waals surface area contributed by atoms with Crippen LogP contribution in [0.4, 0.5) is 0 Å². The molecule has 0 aliphatic carbocycles. The van der Waals surface area contributed by atoms with E-state index in [9.17, 15) is 13.2 Å². The number of hydrogen-bond acceptors (Lipinski definition) is 4. The first-order chi connectivity index (χ1) is 9.22. The van der Waals surface area contributed by atoms with Crippen LogP contribution >= 0.6 is 0 Å². The van der Waals surface area contributed by atoms with Crippen LogP contribution in [0.3, 0.4) is 0 Å². The van der Waals surface area contributed by atoms with Crippen molar-refractivity contribution in [2.45, 2.75) is 24.8 Å². The van der Waals surface area contributed by atoms with Crippen LogP contribution in [-0.4, -0.2) is 43.7 Å². The van der Waals surface area contributed by atoms with Crippen molar-refractivity contribution in [1.82, 2.24) is 14.6 Å². The Hall–Kier alpha value is -1.38.